The smallest absolute Gasteiger partial charge is 0.318 e. The second kappa shape index (κ2) is 4.61. The lowest BCUT2D eigenvalue weighted by molar-refractivity contribution is 0.399. The van der Waals surface area contributed by atoms with Crippen molar-refractivity contribution < 1.29 is 4.42 Å². The molecule has 84 valence electrons. The lowest BCUT2D eigenvalue weighted by Crippen LogP contribution is -2.33. The van der Waals surface area contributed by atoms with Crippen molar-refractivity contribution in [2.75, 3.05) is 11.9 Å². The van der Waals surface area contributed by atoms with Gasteiger partial charge in [-0.1, -0.05) is 24.4 Å². The molecule has 0 atom stereocenters. The molecule has 1 fully saturated rings. The van der Waals surface area contributed by atoms with Crippen molar-refractivity contribution >= 4 is 6.01 Å². The normalized spacial score (nSPS) is 18.0. The van der Waals surface area contributed by atoms with E-state index in [2.05, 4.69) is 15.1 Å². The monoisotopic (exact) mass is 210 g/mol. The van der Waals surface area contributed by atoms with Crippen LogP contribution in [-0.2, 0) is 6.54 Å². The van der Waals surface area contributed by atoms with Gasteiger partial charge in [-0.15, -0.1) is 5.10 Å². The van der Waals surface area contributed by atoms with Gasteiger partial charge in [-0.25, -0.2) is 0 Å². The van der Waals surface area contributed by atoms with Crippen molar-refractivity contribution in [2.45, 2.75) is 44.7 Å². The van der Waals surface area contributed by atoms with Crippen LogP contribution >= 0.6 is 0 Å². The minimum absolute atomic E-state index is 0.311. The maximum Gasteiger partial charge on any atom is 0.318 e. The Kier molecular flexibility index (Phi) is 3.20. The molecule has 1 saturated carbocycles. The first-order valence-corrected chi connectivity index (χ1v) is 5.56. The van der Waals surface area contributed by atoms with Gasteiger partial charge in [-0.2, -0.15) is 0 Å². The Hall–Kier alpha value is -1.10. The Morgan fingerprint density at radius 3 is 2.67 bits per heavy atom. The quantitative estimate of drug-likeness (QED) is 0.814. The van der Waals surface area contributed by atoms with Crippen LogP contribution in [-0.4, -0.2) is 23.3 Å². The molecule has 2 rings (SSSR count). The van der Waals surface area contributed by atoms with Crippen LogP contribution in [0.4, 0.5) is 6.01 Å². The first kappa shape index (κ1) is 10.4. The summed E-state index contributed by atoms with van der Waals surface area (Å²) in [6, 6.07) is 1.15. The fourth-order valence-electron chi connectivity index (χ4n) is 2.09. The Bertz CT molecular complexity index is 306. The van der Waals surface area contributed by atoms with Crippen molar-refractivity contribution in [3.8, 4) is 0 Å². The molecule has 0 unspecified atom stereocenters. The number of anilines is 1. The Morgan fingerprint density at radius 1 is 1.33 bits per heavy atom. The highest BCUT2D eigenvalue weighted by Crippen LogP contribution is 2.24. The molecule has 2 N–H and O–H groups in total. The Labute approximate surface area is 89.6 Å². The van der Waals surface area contributed by atoms with Gasteiger partial charge in [0.2, 0.25) is 5.89 Å². The zero-order valence-corrected chi connectivity index (χ0v) is 9.15. The number of nitrogens with zero attached hydrogens (tertiary/aromatic N) is 3. The second-order valence-corrected chi connectivity index (χ2v) is 4.09. The fourth-order valence-corrected chi connectivity index (χ4v) is 2.09. The van der Waals surface area contributed by atoms with Gasteiger partial charge in [0.05, 0.1) is 6.54 Å². The van der Waals surface area contributed by atoms with Crippen LogP contribution in [0.1, 0.15) is 38.0 Å². The van der Waals surface area contributed by atoms with Gasteiger partial charge in [0, 0.05) is 13.1 Å². The summed E-state index contributed by atoms with van der Waals surface area (Å²) in [4.78, 5) is 2.09. The van der Waals surface area contributed by atoms with Crippen molar-refractivity contribution in [2.24, 2.45) is 5.73 Å². The van der Waals surface area contributed by atoms with E-state index in [4.69, 9.17) is 10.2 Å². The molecule has 0 spiro atoms. The van der Waals surface area contributed by atoms with Gasteiger partial charge >= 0.3 is 6.01 Å². The lowest BCUT2D eigenvalue weighted by Gasteiger charge is -2.29. The molecule has 0 amide bonds. The highest BCUT2D eigenvalue weighted by atomic mass is 16.4. The first-order chi connectivity index (χ1) is 7.31. The lowest BCUT2D eigenvalue weighted by atomic mass is 9.95. The molecular weight excluding hydrogens is 192 g/mol. The van der Waals surface area contributed by atoms with Crippen LogP contribution in [0.25, 0.3) is 0 Å². The molecule has 5 heteroatoms. The van der Waals surface area contributed by atoms with Crippen molar-refractivity contribution in [3.63, 3.8) is 0 Å². The standard InChI is InChI=1S/C10H18N4O/c1-14(8-5-3-2-4-6-8)10-13-12-9(7-11)15-10/h8H,2-7,11H2,1H3. The second-order valence-electron chi connectivity index (χ2n) is 4.09. The third-order valence-corrected chi connectivity index (χ3v) is 3.05. The fraction of sp³-hybridized carbons (Fsp3) is 0.800. The largest absolute Gasteiger partial charge is 0.407 e. The van der Waals surface area contributed by atoms with Crippen molar-refractivity contribution in [1.82, 2.24) is 10.2 Å². The van der Waals surface area contributed by atoms with E-state index in [1.54, 1.807) is 0 Å². The number of nitrogens with two attached hydrogens (primary N) is 1. The van der Waals surface area contributed by atoms with Crippen LogP contribution in [0.2, 0.25) is 0 Å². The maximum atomic E-state index is 5.43. The molecule has 0 bridgehead atoms. The molecule has 1 aromatic rings. The summed E-state index contributed by atoms with van der Waals surface area (Å²) in [6.07, 6.45) is 6.38. The summed E-state index contributed by atoms with van der Waals surface area (Å²) >= 11 is 0. The average molecular weight is 210 g/mol. The third-order valence-electron chi connectivity index (χ3n) is 3.05. The summed E-state index contributed by atoms with van der Waals surface area (Å²) in [5.41, 5.74) is 5.43. The van der Waals surface area contributed by atoms with Gasteiger partial charge in [-0.3, -0.25) is 0 Å². The van der Waals surface area contributed by atoms with Gasteiger partial charge < -0.3 is 15.1 Å². The molecule has 1 heterocycles. The molecule has 0 aromatic carbocycles. The first-order valence-electron chi connectivity index (χ1n) is 5.56. The molecule has 15 heavy (non-hydrogen) atoms. The van der Waals surface area contributed by atoms with Crippen LogP contribution in [0.3, 0.4) is 0 Å². The van der Waals surface area contributed by atoms with Crippen LogP contribution in [0, 0.1) is 0 Å². The Morgan fingerprint density at radius 2 is 2.07 bits per heavy atom. The summed E-state index contributed by atoms with van der Waals surface area (Å²) in [7, 11) is 2.02. The molecule has 0 radical (unpaired) electrons. The van der Waals surface area contributed by atoms with E-state index in [0.29, 0.717) is 24.5 Å². The summed E-state index contributed by atoms with van der Waals surface area (Å²) in [5, 5.41) is 7.86. The van der Waals surface area contributed by atoms with Crippen molar-refractivity contribution in [1.29, 1.82) is 0 Å². The van der Waals surface area contributed by atoms with Gasteiger partial charge in [0.25, 0.3) is 0 Å². The van der Waals surface area contributed by atoms with E-state index in [9.17, 15) is 0 Å². The number of hydrogen-bond acceptors (Lipinski definition) is 5. The predicted molar refractivity (Wildman–Crippen MR) is 57.5 cm³/mol. The summed E-state index contributed by atoms with van der Waals surface area (Å²) < 4.78 is 5.43. The molecule has 0 saturated heterocycles. The van der Waals surface area contributed by atoms with Crippen LogP contribution < -0.4 is 10.6 Å². The van der Waals surface area contributed by atoms with Gasteiger partial charge in [0.15, 0.2) is 0 Å². The van der Waals surface area contributed by atoms with Gasteiger partial charge in [0.1, 0.15) is 0 Å². The molecule has 1 aliphatic rings. The van der Waals surface area contributed by atoms with E-state index in [0.717, 1.165) is 0 Å². The minimum atomic E-state index is 0.311. The zero-order valence-electron chi connectivity index (χ0n) is 9.15. The average Bonchev–Trinajstić information content (AvgIpc) is 2.78. The summed E-state index contributed by atoms with van der Waals surface area (Å²) in [6.45, 7) is 0.311. The van der Waals surface area contributed by atoms with E-state index < -0.39 is 0 Å². The van der Waals surface area contributed by atoms with Gasteiger partial charge in [-0.05, 0) is 12.8 Å². The van der Waals surface area contributed by atoms with Crippen LogP contribution in [0.15, 0.2) is 4.42 Å². The highest BCUT2D eigenvalue weighted by molar-refractivity contribution is 5.24. The van der Waals surface area contributed by atoms with Crippen molar-refractivity contribution in [3.05, 3.63) is 5.89 Å². The Balaban J connectivity index is 2.02. The molecular formula is C10H18N4O. The van der Waals surface area contributed by atoms with E-state index >= 15 is 0 Å². The number of rotatable bonds is 3. The van der Waals surface area contributed by atoms with Crippen LogP contribution in [0.5, 0.6) is 0 Å². The number of aromatic nitrogens is 2. The molecule has 0 aliphatic heterocycles. The topological polar surface area (TPSA) is 68.2 Å². The number of hydrogen-bond donors (Lipinski definition) is 1. The maximum absolute atomic E-state index is 5.43. The minimum Gasteiger partial charge on any atom is -0.407 e. The third kappa shape index (κ3) is 2.28. The molecule has 5 nitrogen and oxygen atoms in total. The van der Waals surface area contributed by atoms with E-state index in [1.165, 1.54) is 32.1 Å². The SMILES string of the molecule is CN(c1nnc(CN)o1)C1CCCCC1. The molecule has 1 aliphatic carbocycles. The summed E-state index contributed by atoms with van der Waals surface area (Å²) in [5.74, 6) is 0.507. The highest BCUT2D eigenvalue weighted by Gasteiger charge is 2.21. The molecule has 1 aromatic heterocycles. The predicted octanol–water partition coefficient (Wildman–Crippen LogP) is 1.30. The zero-order chi connectivity index (χ0) is 10.7. The van der Waals surface area contributed by atoms with E-state index in [-0.39, 0.29) is 0 Å². The van der Waals surface area contributed by atoms with E-state index in [1.807, 2.05) is 7.05 Å².